The highest BCUT2D eigenvalue weighted by Gasteiger charge is 2.05. The third kappa shape index (κ3) is 5.15. The van der Waals surface area contributed by atoms with E-state index in [2.05, 4.69) is 24.1 Å². The summed E-state index contributed by atoms with van der Waals surface area (Å²) < 4.78 is 7.49. The van der Waals surface area contributed by atoms with Crippen LogP contribution in [0.1, 0.15) is 26.7 Å². The lowest BCUT2D eigenvalue weighted by molar-refractivity contribution is -0.121. The van der Waals surface area contributed by atoms with Crippen molar-refractivity contribution in [3.8, 4) is 0 Å². The second kappa shape index (κ2) is 8.54. The first-order valence-electron chi connectivity index (χ1n) is 7.91. The molecule has 0 aliphatic heterocycles. The molecule has 1 aromatic heterocycles. The summed E-state index contributed by atoms with van der Waals surface area (Å²) in [5, 5.41) is 2.93. The number of aromatic nitrogens is 2. The molecule has 0 fully saturated rings. The van der Waals surface area contributed by atoms with Gasteiger partial charge in [-0.2, -0.15) is 0 Å². The molecule has 0 saturated carbocycles. The Morgan fingerprint density at radius 2 is 2.18 bits per heavy atom. The third-order valence-corrected chi connectivity index (χ3v) is 3.35. The second-order valence-corrected chi connectivity index (χ2v) is 5.85. The molecule has 2 aromatic rings. The number of para-hydroxylation sites is 2. The molecule has 0 saturated heterocycles. The largest absolute Gasteiger partial charge is 0.381 e. The van der Waals surface area contributed by atoms with Gasteiger partial charge in [0.2, 0.25) is 5.91 Å². The van der Waals surface area contributed by atoms with Crippen LogP contribution >= 0.6 is 0 Å². The van der Waals surface area contributed by atoms with Crippen LogP contribution < -0.4 is 5.32 Å². The van der Waals surface area contributed by atoms with Crippen LogP contribution in [0.25, 0.3) is 11.0 Å². The fourth-order valence-electron chi connectivity index (χ4n) is 2.22. The summed E-state index contributed by atoms with van der Waals surface area (Å²) in [6, 6.07) is 7.95. The van der Waals surface area contributed by atoms with E-state index in [9.17, 15) is 4.79 Å². The van der Waals surface area contributed by atoms with Crippen LogP contribution in [-0.4, -0.2) is 35.2 Å². The average molecular weight is 303 g/mol. The Balaban J connectivity index is 1.64. The van der Waals surface area contributed by atoms with Crippen LogP contribution in [-0.2, 0) is 16.1 Å². The molecular weight excluding hydrogens is 278 g/mol. The van der Waals surface area contributed by atoms with Crippen molar-refractivity contribution in [2.24, 2.45) is 5.92 Å². The number of ether oxygens (including phenoxy) is 1. The summed E-state index contributed by atoms with van der Waals surface area (Å²) >= 11 is 0. The third-order valence-electron chi connectivity index (χ3n) is 3.35. The van der Waals surface area contributed by atoms with Gasteiger partial charge in [-0.1, -0.05) is 26.0 Å². The van der Waals surface area contributed by atoms with Crippen LogP contribution in [0.5, 0.6) is 0 Å². The van der Waals surface area contributed by atoms with Crippen LogP contribution in [0.2, 0.25) is 0 Å². The first kappa shape index (κ1) is 16.5. The quantitative estimate of drug-likeness (QED) is 0.724. The molecule has 0 bridgehead atoms. The number of hydrogen-bond donors (Lipinski definition) is 1. The predicted molar refractivity (Wildman–Crippen MR) is 87.6 cm³/mol. The Hall–Kier alpha value is -1.88. The van der Waals surface area contributed by atoms with Crippen molar-refractivity contribution >= 4 is 16.9 Å². The van der Waals surface area contributed by atoms with Gasteiger partial charge in [-0.15, -0.1) is 0 Å². The zero-order chi connectivity index (χ0) is 15.8. The maximum atomic E-state index is 11.8. The summed E-state index contributed by atoms with van der Waals surface area (Å²) in [5.74, 6) is 0.626. The van der Waals surface area contributed by atoms with Crippen LogP contribution in [0.4, 0.5) is 0 Å². The minimum Gasteiger partial charge on any atom is -0.381 e. The Morgan fingerprint density at radius 1 is 1.36 bits per heavy atom. The van der Waals surface area contributed by atoms with Crippen molar-refractivity contribution in [2.75, 3.05) is 19.8 Å². The first-order chi connectivity index (χ1) is 10.7. The van der Waals surface area contributed by atoms with Gasteiger partial charge in [-0.05, 0) is 24.5 Å². The van der Waals surface area contributed by atoms with E-state index >= 15 is 0 Å². The second-order valence-electron chi connectivity index (χ2n) is 5.85. The smallest absolute Gasteiger partial charge is 0.221 e. The van der Waals surface area contributed by atoms with E-state index < -0.39 is 0 Å². The summed E-state index contributed by atoms with van der Waals surface area (Å²) in [5.41, 5.74) is 2.03. The number of imidazole rings is 1. The molecular formula is C17H25N3O2. The molecule has 5 nitrogen and oxygen atoms in total. The number of carbonyl (C=O) groups excluding carboxylic acids is 1. The average Bonchev–Trinajstić information content (AvgIpc) is 2.91. The molecule has 2 rings (SSSR count). The lowest BCUT2D eigenvalue weighted by Crippen LogP contribution is -2.26. The zero-order valence-corrected chi connectivity index (χ0v) is 13.4. The van der Waals surface area contributed by atoms with Gasteiger partial charge in [0.25, 0.3) is 0 Å². The number of fused-ring (bicyclic) bond motifs is 1. The summed E-state index contributed by atoms with van der Waals surface area (Å²) in [6.07, 6.45) is 3.11. The molecule has 0 aliphatic carbocycles. The van der Waals surface area contributed by atoms with Gasteiger partial charge < -0.3 is 14.6 Å². The normalized spacial score (nSPS) is 11.2. The highest BCUT2D eigenvalue weighted by molar-refractivity contribution is 5.77. The predicted octanol–water partition coefficient (Wildman–Crippen LogP) is 2.61. The lowest BCUT2D eigenvalue weighted by Gasteiger charge is -2.08. The summed E-state index contributed by atoms with van der Waals surface area (Å²) in [6.45, 7) is 7.05. The van der Waals surface area contributed by atoms with Crippen LogP contribution in [0.3, 0.4) is 0 Å². The monoisotopic (exact) mass is 303 g/mol. The van der Waals surface area contributed by atoms with E-state index in [4.69, 9.17) is 4.74 Å². The molecule has 0 radical (unpaired) electrons. The fraction of sp³-hybridized carbons (Fsp3) is 0.529. The van der Waals surface area contributed by atoms with Gasteiger partial charge in [0.05, 0.1) is 17.4 Å². The molecule has 0 atom stereocenters. The van der Waals surface area contributed by atoms with Crippen molar-refractivity contribution in [1.82, 2.24) is 14.9 Å². The number of benzene rings is 1. The Labute approximate surface area is 131 Å². The molecule has 0 unspecified atom stereocenters. The Kier molecular flexibility index (Phi) is 6.40. The molecule has 1 amide bonds. The number of nitrogens with zero attached hydrogens (tertiary/aromatic N) is 2. The molecule has 0 aliphatic rings. The number of rotatable bonds is 9. The number of carbonyl (C=O) groups is 1. The van der Waals surface area contributed by atoms with Crippen molar-refractivity contribution in [3.05, 3.63) is 30.6 Å². The van der Waals surface area contributed by atoms with E-state index in [-0.39, 0.29) is 5.91 Å². The zero-order valence-electron chi connectivity index (χ0n) is 13.4. The lowest BCUT2D eigenvalue weighted by atomic mass is 10.2. The van der Waals surface area contributed by atoms with Gasteiger partial charge in [0.1, 0.15) is 0 Å². The standard InChI is InChI=1S/C17H25N3O2/c1-14(2)12-22-11-5-9-18-17(21)8-10-20-13-19-15-6-3-4-7-16(15)20/h3-4,6-7,13-14H,5,8-12H2,1-2H3,(H,18,21). The molecule has 120 valence electrons. The topological polar surface area (TPSA) is 56.1 Å². The molecule has 1 aromatic carbocycles. The van der Waals surface area contributed by atoms with E-state index in [0.29, 0.717) is 32.0 Å². The summed E-state index contributed by atoms with van der Waals surface area (Å²) in [4.78, 5) is 16.2. The summed E-state index contributed by atoms with van der Waals surface area (Å²) in [7, 11) is 0. The highest BCUT2D eigenvalue weighted by atomic mass is 16.5. The Bertz CT molecular complexity index is 592. The molecule has 0 spiro atoms. The van der Waals surface area contributed by atoms with Crippen molar-refractivity contribution in [2.45, 2.75) is 33.2 Å². The van der Waals surface area contributed by atoms with E-state index in [1.54, 1.807) is 6.33 Å². The maximum Gasteiger partial charge on any atom is 0.221 e. The number of amides is 1. The van der Waals surface area contributed by atoms with E-state index in [0.717, 1.165) is 24.1 Å². The maximum absolute atomic E-state index is 11.8. The van der Waals surface area contributed by atoms with Crippen LogP contribution in [0.15, 0.2) is 30.6 Å². The van der Waals surface area contributed by atoms with Crippen LogP contribution in [0, 0.1) is 5.92 Å². The van der Waals surface area contributed by atoms with Gasteiger partial charge in [0, 0.05) is 32.7 Å². The van der Waals surface area contributed by atoms with E-state index in [1.807, 2.05) is 28.8 Å². The van der Waals surface area contributed by atoms with Crippen molar-refractivity contribution in [1.29, 1.82) is 0 Å². The Morgan fingerprint density at radius 3 is 3.00 bits per heavy atom. The van der Waals surface area contributed by atoms with E-state index in [1.165, 1.54) is 0 Å². The van der Waals surface area contributed by atoms with Gasteiger partial charge in [-0.25, -0.2) is 4.98 Å². The molecule has 22 heavy (non-hydrogen) atoms. The minimum atomic E-state index is 0.0710. The molecule has 5 heteroatoms. The molecule has 1 heterocycles. The van der Waals surface area contributed by atoms with Gasteiger partial charge in [-0.3, -0.25) is 4.79 Å². The number of hydrogen-bond acceptors (Lipinski definition) is 3. The fourth-order valence-corrected chi connectivity index (χ4v) is 2.22. The minimum absolute atomic E-state index is 0.0710. The highest BCUT2D eigenvalue weighted by Crippen LogP contribution is 2.11. The number of nitrogens with one attached hydrogen (secondary N) is 1. The van der Waals surface area contributed by atoms with Crippen molar-refractivity contribution in [3.63, 3.8) is 0 Å². The van der Waals surface area contributed by atoms with Gasteiger partial charge >= 0.3 is 0 Å². The SMILES string of the molecule is CC(C)COCCCNC(=O)CCn1cnc2ccccc21. The number of aryl methyl sites for hydroxylation is 1. The van der Waals surface area contributed by atoms with Gasteiger partial charge in [0.15, 0.2) is 0 Å². The molecule has 1 N–H and O–H groups in total. The first-order valence-corrected chi connectivity index (χ1v) is 7.91. The van der Waals surface area contributed by atoms with Crippen molar-refractivity contribution < 1.29 is 9.53 Å².